The van der Waals surface area contributed by atoms with E-state index in [0.717, 1.165) is 12.8 Å². The third-order valence-corrected chi connectivity index (χ3v) is 4.14. The van der Waals surface area contributed by atoms with Crippen LogP contribution in [0.5, 0.6) is 0 Å². The minimum Gasteiger partial charge on any atom is -0.0620 e. The minimum absolute atomic E-state index is 1.00. The van der Waals surface area contributed by atoms with Gasteiger partial charge in [-0.05, 0) is 54.5 Å². The molecule has 0 aliphatic rings. The first-order valence-electron chi connectivity index (χ1n) is 7.88. The number of benzene rings is 3. The van der Waals surface area contributed by atoms with E-state index in [2.05, 4.69) is 86.6 Å². The summed E-state index contributed by atoms with van der Waals surface area (Å²) in [4.78, 5) is 0. The van der Waals surface area contributed by atoms with E-state index in [9.17, 15) is 0 Å². The zero-order valence-electron chi connectivity index (χ0n) is 13.3. The van der Waals surface area contributed by atoms with Gasteiger partial charge in [-0.3, -0.25) is 0 Å². The van der Waals surface area contributed by atoms with Gasteiger partial charge >= 0.3 is 0 Å². The summed E-state index contributed by atoms with van der Waals surface area (Å²) in [6.45, 7) is 4.34. The van der Waals surface area contributed by atoms with Crippen molar-refractivity contribution in [3.8, 4) is 0 Å². The van der Waals surface area contributed by atoms with E-state index in [1.54, 1.807) is 0 Å². The Hall–Kier alpha value is -2.34. The standard InChI is InChI=1S/C22H22/c1-17-7-5-9-19(13-17)14-20-10-6-11-21(15-20)16-22-12-4-3-8-18(22)2/h3-13,15H,14,16H2,1-2H3. The van der Waals surface area contributed by atoms with E-state index in [-0.39, 0.29) is 0 Å². The molecule has 0 amide bonds. The van der Waals surface area contributed by atoms with Crippen LogP contribution in [0.3, 0.4) is 0 Å². The zero-order valence-corrected chi connectivity index (χ0v) is 13.3. The lowest BCUT2D eigenvalue weighted by Gasteiger charge is -2.08. The number of hydrogen-bond donors (Lipinski definition) is 0. The predicted molar refractivity (Wildman–Crippen MR) is 94.4 cm³/mol. The van der Waals surface area contributed by atoms with Crippen LogP contribution >= 0.6 is 0 Å². The number of aryl methyl sites for hydroxylation is 2. The Morgan fingerprint density at radius 3 is 1.95 bits per heavy atom. The minimum atomic E-state index is 1.00. The van der Waals surface area contributed by atoms with Gasteiger partial charge in [-0.15, -0.1) is 0 Å². The van der Waals surface area contributed by atoms with Crippen LogP contribution in [0.15, 0.2) is 72.8 Å². The lowest BCUT2D eigenvalue weighted by Crippen LogP contribution is -1.94. The van der Waals surface area contributed by atoms with Gasteiger partial charge in [0, 0.05) is 0 Å². The Kier molecular flexibility index (Phi) is 4.39. The van der Waals surface area contributed by atoms with Crippen LogP contribution in [-0.2, 0) is 12.8 Å². The van der Waals surface area contributed by atoms with Gasteiger partial charge in [0.25, 0.3) is 0 Å². The third kappa shape index (κ3) is 3.65. The Bertz CT molecular complexity index is 768. The van der Waals surface area contributed by atoms with Gasteiger partial charge in [0.2, 0.25) is 0 Å². The topological polar surface area (TPSA) is 0 Å². The molecule has 0 aromatic heterocycles. The molecule has 0 nitrogen and oxygen atoms in total. The molecule has 0 aliphatic carbocycles. The summed E-state index contributed by atoms with van der Waals surface area (Å²) in [5.74, 6) is 0. The second-order valence-corrected chi connectivity index (χ2v) is 6.09. The molecule has 0 heteroatoms. The molecule has 0 unspecified atom stereocenters. The van der Waals surface area contributed by atoms with Crippen LogP contribution in [0.4, 0.5) is 0 Å². The molecule has 22 heavy (non-hydrogen) atoms. The van der Waals surface area contributed by atoms with Crippen LogP contribution in [0, 0.1) is 13.8 Å². The molecule has 110 valence electrons. The Morgan fingerprint density at radius 1 is 0.591 bits per heavy atom. The summed E-state index contributed by atoms with van der Waals surface area (Å²) in [5.41, 5.74) is 8.26. The fraction of sp³-hybridized carbons (Fsp3) is 0.182. The molecule has 3 aromatic rings. The molecular weight excluding hydrogens is 264 g/mol. The SMILES string of the molecule is Cc1cccc(Cc2cccc(Cc3ccccc3C)c2)c1. The molecule has 0 spiro atoms. The second-order valence-electron chi connectivity index (χ2n) is 6.09. The lowest BCUT2D eigenvalue weighted by molar-refractivity contribution is 1.12. The van der Waals surface area contributed by atoms with E-state index in [4.69, 9.17) is 0 Å². The van der Waals surface area contributed by atoms with Crippen LogP contribution in [0.2, 0.25) is 0 Å². The smallest absolute Gasteiger partial charge is 0.00230 e. The molecule has 0 saturated heterocycles. The molecule has 3 rings (SSSR count). The Balaban J connectivity index is 1.79. The van der Waals surface area contributed by atoms with Crippen molar-refractivity contribution < 1.29 is 0 Å². The molecule has 0 heterocycles. The van der Waals surface area contributed by atoms with Gasteiger partial charge in [-0.1, -0.05) is 78.4 Å². The van der Waals surface area contributed by atoms with Crippen LogP contribution in [0.1, 0.15) is 33.4 Å². The predicted octanol–water partition coefficient (Wildman–Crippen LogP) is 5.49. The third-order valence-electron chi connectivity index (χ3n) is 4.14. The van der Waals surface area contributed by atoms with E-state index >= 15 is 0 Å². The second kappa shape index (κ2) is 6.62. The van der Waals surface area contributed by atoms with Crippen LogP contribution in [0.25, 0.3) is 0 Å². The maximum absolute atomic E-state index is 2.34. The molecule has 0 radical (unpaired) electrons. The van der Waals surface area contributed by atoms with Gasteiger partial charge in [-0.2, -0.15) is 0 Å². The largest absolute Gasteiger partial charge is 0.0620 e. The molecule has 0 saturated carbocycles. The number of rotatable bonds is 4. The Morgan fingerprint density at radius 2 is 1.23 bits per heavy atom. The van der Waals surface area contributed by atoms with Crippen molar-refractivity contribution in [3.63, 3.8) is 0 Å². The first-order chi connectivity index (χ1) is 10.7. The Labute approximate surface area is 133 Å². The molecule has 0 N–H and O–H groups in total. The zero-order chi connectivity index (χ0) is 15.4. The van der Waals surface area contributed by atoms with Crippen molar-refractivity contribution in [2.45, 2.75) is 26.7 Å². The normalized spacial score (nSPS) is 10.6. The summed E-state index contributed by atoms with van der Waals surface area (Å²) in [5, 5.41) is 0. The van der Waals surface area contributed by atoms with E-state index < -0.39 is 0 Å². The molecule has 0 bridgehead atoms. The van der Waals surface area contributed by atoms with E-state index in [1.165, 1.54) is 33.4 Å². The highest BCUT2D eigenvalue weighted by Crippen LogP contribution is 2.17. The van der Waals surface area contributed by atoms with Crippen LogP contribution < -0.4 is 0 Å². The quantitative estimate of drug-likeness (QED) is 0.595. The van der Waals surface area contributed by atoms with Crippen molar-refractivity contribution in [3.05, 3.63) is 106 Å². The summed E-state index contributed by atoms with van der Waals surface area (Å²) in [7, 11) is 0. The lowest BCUT2D eigenvalue weighted by atomic mass is 9.97. The van der Waals surface area contributed by atoms with Gasteiger partial charge in [0.15, 0.2) is 0 Å². The monoisotopic (exact) mass is 286 g/mol. The highest BCUT2D eigenvalue weighted by molar-refractivity contribution is 5.35. The first-order valence-corrected chi connectivity index (χ1v) is 7.88. The van der Waals surface area contributed by atoms with Crippen LogP contribution in [-0.4, -0.2) is 0 Å². The molecule has 3 aromatic carbocycles. The maximum Gasteiger partial charge on any atom is -0.00230 e. The van der Waals surface area contributed by atoms with Gasteiger partial charge in [0.1, 0.15) is 0 Å². The summed E-state index contributed by atoms with van der Waals surface area (Å²) in [6, 6.07) is 26.4. The van der Waals surface area contributed by atoms with Crippen molar-refractivity contribution in [1.82, 2.24) is 0 Å². The maximum atomic E-state index is 2.34. The van der Waals surface area contributed by atoms with Crippen molar-refractivity contribution in [2.75, 3.05) is 0 Å². The average molecular weight is 286 g/mol. The average Bonchev–Trinajstić information content (AvgIpc) is 2.50. The van der Waals surface area contributed by atoms with E-state index in [1.807, 2.05) is 0 Å². The molecule has 0 aliphatic heterocycles. The molecule has 0 atom stereocenters. The fourth-order valence-electron chi connectivity index (χ4n) is 2.94. The van der Waals surface area contributed by atoms with Gasteiger partial charge < -0.3 is 0 Å². The van der Waals surface area contributed by atoms with Crippen molar-refractivity contribution >= 4 is 0 Å². The summed E-state index contributed by atoms with van der Waals surface area (Å²) in [6.07, 6.45) is 2.01. The number of hydrogen-bond acceptors (Lipinski definition) is 0. The van der Waals surface area contributed by atoms with Gasteiger partial charge in [0.05, 0.1) is 0 Å². The first kappa shape index (κ1) is 14.6. The fourth-order valence-corrected chi connectivity index (χ4v) is 2.94. The molecule has 0 fully saturated rings. The van der Waals surface area contributed by atoms with Crippen molar-refractivity contribution in [2.24, 2.45) is 0 Å². The molecular formula is C22H22. The summed E-state index contributed by atoms with van der Waals surface area (Å²) < 4.78 is 0. The van der Waals surface area contributed by atoms with Gasteiger partial charge in [-0.25, -0.2) is 0 Å². The highest BCUT2D eigenvalue weighted by Gasteiger charge is 2.02. The van der Waals surface area contributed by atoms with E-state index in [0.29, 0.717) is 0 Å². The van der Waals surface area contributed by atoms with Crippen molar-refractivity contribution in [1.29, 1.82) is 0 Å². The summed E-state index contributed by atoms with van der Waals surface area (Å²) >= 11 is 0. The highest BCUT2D eigenvalue weighted by atomic mass is 14.1.